The molecule has 0 radical (unpaired) electrons. The van der Waals surface area contributed by atoms with Crippen LogP contribution in [0.25, 0.3) is 0 Å². The van der Waals surface area contributed by atoms with Crippen LogP contribution in [-0.2, 0) is 0 Å². The number of hydrogen-bond acceptors (Lipinski definition) is 4. The maximum absolute atomic E-state index is 6.03. The zero-order valence-corrected chi connectivity index (χ0v) is 11.6. The van der Waals surface area contributed by atoms with Crippen molar-refractivity contribution < 1.29 is 4.74 Å². The van der Waals surface area contributed by atoms with Crippen molar-refractivity contribution in [3.8, 4) is 5.75 Å². The lowest BCUT2D eigenvalue weighted by molar-refractivity contribution is 0.322. The number of nitrogens with zero attached hydrogens (tertiary/aromatic N) is 1. The molecule has 0 saturated heterocycles. The van der Waals surface area contributed by atoms with E-state index in [2.05, 4.69) is 33.9 Å². The molecule has 1 unspecified atom stereocenters. The second kappa shape index (κ2) is 5.63. The predicted molar refractivity (Wildman–Crippen MR) is 80.0 cm³/mol. The zero-order valence-electron chi connectivity index (χ0n) is 10.8. The zero-order chi connectivity index (χ0) is 13.1. The first kappa shape index (κ1) is 12.5. The quantitative estimate of drug-likeness (QED) is 0.935. The van der Waals surface area contributed by atoms with Crippen LogP contribution in [0.5, 0.6) is 5.75 Å². The molecule has 19 heavy (non-hydrogen) atoms. The maximum Gasteiger partial charge on any atom is 0.142 e. The number of anilines is 1. The van der Waals surface area contributed by atoms with E-state index in [0.717, 1.165) is 31.0 Å². The molecule has 1 aliphatic heterocycles. The van der Waals surface area contributed by atoms with Crippen molar-refractivity contribution in [2.45, 2.75) is 12.5 Å². The van der Waals surface area contributed by atoms with Crippen LogP contribution in [0.3, 0.4) is 0 Å². The Balaban J connectivity index is 1.99. The number of fused-ring (bicyclic) bond motifs is 1. The van der Waals surface area contributed by atoms with Crippen molar-refractivity contribution in [3.05, 3.63) is 46.7 Å². The van der Waals surface area contributed by atoms with E-state index in [1.165, 1.54) is 5.56 Å². The van der Waals surface area contributed by atoms with Crippen molar-refractivity contribution in [2.24, 2.45) is 5.73 Å². The summed E-state index contributed by atoms with van der Waals surface area (Å²) in [6, 6.07) is 10.6. The molecule has 1 aromatic heterocycles. The fourth-order valence-corrected chi connectivity index (χ4v) is 3.29. The van der Waals surface area contributed by atoms with Gasteiger partial charge in [0.2, 0.25) is 0 Å². The normalized spacial score (nSPS) is 16.4. The van der Waals surface area contributed by atoms with Gasteiger partial charge in [0.1, 0.15) is 5.75 Å². The summed E-state index contributed by atoms with van der Waals surface area (Å²) in [6.07, 6.45) is 1.02. The van der Waals surface area contributed by atoms with Crippen molar-refractivity contribution >= 4 is 17.0 Å². The molecular formula is C15H18N2OS. The molecule has 2 aromatic rings. The lowest BCUT2D eigenvalue weighted by atomic mass is 10.1. The molecular weight excluding hydrogens is 256 g/mol. The molecule has 0 amide bonds. The minimum atomic E-state index is 0.231. The van der Waals surface area contributed by atoms with Gasteiger partial charge in [0.05, 0.1) is 18.3 Å². The third kappa shape index (κ3) is 2.46. The first-order chi connectivity index (χ1) is 9.40. The number of thiophene rings is 1. The summed E-state index contributed by atoms with van der Waals surface area (Å²) < 4.78 is 5.81. The minimum Gasteiger partial charge on any atom is -0.491 e. The van der Waals surface area contributed by atoms with Crippen LogP contribution in [0.1, 0.15) is 18.0 Å². The van der Waals surface area contributed by atoms with Gasteiger partial charge in [-0.2, -0.15) is 11.3 Å². The van der Waals surface area contributed by atoms with Gasteiger partial charge >= 0.3 is 0 Å². The third-order valence-electron chi connectivity index (χ3n) is 3.50. The van der Waals surface area contributed by atoms with Gasteiger partial charge < -0.3 is 15.4 Å². The highest BCUT2D eigenvalue weighted by atomic mass is 32.1. The number of nitrogens with two attached hydrogens (primary N) is 1. The maximum atomic E-state index is 6.03. The number of para-hydroxylation sites is 2. The Morgan fingerprint density at radius 2 is 2.21 bits per heavy atom. The number of rotatable bonds is 3. The molecule has 100 valence electrons. The van der Waals surface area contributed by atoms with Gasteiger partial charge in [0, 0.05) is 13.1 Å². The summed E-state index contributed by atoms with van der Waals surface area (Å²) >= 11 is 1.72. The van der Waals surface area contributed by atoms with Gasteiger partial charge in [-0.15, -0.1) is 0 Å². The fourth-order valence-electron chi connectivity index (χ4n) is 2.59. The Hall–Kier alpha value is -1.52. The summed E-state index contributed by atoms with van der Waals surface area (Å²) in [5, 5.41) is 4.30. The molecule has 0 bridgehead atoms. The Kier molecular flexibility index (Phi) is 3.71. The Morgan fingerprint density at radius 1 is 1.32 bits per heavy atom. The average molecular weight is 274 g/mol. The van der Waals surface area contributed by atoms with E-state index in [1.54, 1.807) is 11.3 Å². The Morgan fingerprint density at radius 3 is 3.00 bits per heavy atom. The Labute approximate surface area is 117 Å². The molecule has 0 saturated carbocycles. The van der Waals surface area contributed by atoms with Crippen LogP contribution in [0.2, 0.25) is 0 Å². The molecule has 0 spiro atoms. The average Bonchev–Trinajstić information content (AvgIpc) is 2.88. The molecule has 2 N–H and O–H groups in total. The summed E-state index contributed by atoms with van der Waals surface area (Å²) in [4.78, 5) is 2.38. The molecule has 1 aliphatic rings. The molecule has 1 aromatic carbocycles. The van der Waals surface area contributed by atoms with Gasteiger partial charge in [-0.25, -0.2) is 0 Å². The van der Waals surface area contributed by atoms with E-state index in [1.807, 2.05) is 12.1 Å². The van der Waals surface area contributed by atoms with Gasteiger partial charge in [-0.1, -0.05) is 12.1 Å². The van der Waals surface area contributed by atoms with Gasteiger partial charge in [-0.05, 0) is 40.9 Å². The highest BCUT2D eigenvalue weighted by Crippen LogP contribution is 2.36. The molecule has 0 aliphatic carbocycles. The van der Waals surface area contributed by atoms with Gasteiger partial charge in [-0.3, -0.25) is 0 Å². The van der Waals surface area contributed by atoms with E-state index in [-0.39, 0.29) is 6.04 Å². The monoisotopic (exact) mass is 274 g/mol. The van der Waals surface area contributed by atoms with E-state index in [0.29, 0.717) is 6.54 Å². The second-order valence-electron chi connectivity index (χ2n) is 4.67. The second-order valence-corrected chi connectivity index (χ2v) is 5.45. The molecule has 3 nitrogen and oxygen atoms in total. The number of ether oxygens (including phenoxy) is 1. The van der Waals surface area contributed by atoms with Crippen LogP contribution in [0.4, 0.5) is 5.69 Å². The SMILES string of the molecule is NCC(c1ccsc1)N1CCCOc2ccccc21. The number of benzene rings is 1. The molecule has 1 atom stereocenters. The van der Waals surface area contributed by atoms with E-state index in [9.17, 15) is 0 Å². The largest absolute Gasteiger partial charge is 0.491 e. The van der Waals surface area contributed by atoms with Crippen LogP contribution in [0, 0.1) is 0 Å². The van der Waals surface area contributed by atoms with Gasteiger partial charge in [0.25, 0.3) is 0 Å². The Bertz CT molecular complexity index is 527. The van der Waals surface area contributed by atoms with E-state index in [4.69, 9.17) is 10.5 Å². The van der Waals surface area contributed by atoms with Crippen LogP contribution in [-0.4, -0.2) is 19.7 Å². The van der Waals surface area contributed by atoms with Crippen LogP contribution in [0.15, 0.2) is 41.1 Å². The summed E-state index contributed by atoms with van der Waals surface area (Å²) in [5.74, 6) is 0.966. The van der Waals surface area contributed by atoms with Crippen molar-refractivity contribution in [3.63, 3.8) is 0 Å². The van der Waals surface area contributed by atoms with Crippen LogP contribution < -0.4 is 15.4 Å². The summed E-state index contributed by atoms with van der Waals surface area (Å²) in [6.45, 7) is 2.37. The lowest BCUT2D eigenvalue weighted by Gasteiger charge is -2.32. The lowest BCUT2D eigenvalue weighted by Crippen LogP contribution is -2.34. The highest BCUT2D eigenvalue weighted by Gasteiger charge is 2.24. The van der Waals surface area contributed by atoms with E-state index >= 15 is 0 Å². The topological polar surface area (TPSA) is 38.5 Å². The highest BCUT2D eigenvalue weighted by molar-refractivity contribution is 7.08. The van der Waals surface area contributed by atoms with E-state index < -0.39 is 0 Å². The van der Waals surface area contributed by atoms with Crippen molar-refractivity contribution in [1.29, 1.82) is 0 Å². The minimum absolute atomic E-state index is 0.231. The van der Waals surface area contributed by atoms with Crippen molar-refractivity contribution in [1.82, 2.24) is 0 Å². The van der Waals surface area contributed by atoms with Crippen molar-refractivity contribution in [2.75, 3.05) is 24.6 Å². The van der Waals surface area contributed by atoms with Crippen LogP contribution >= 0.6 is 11.3 Å². The van der Waals surface area contributed by atoms with Gasteiger partial charge in [0.15, 0.2) is 0 Å². The molecule has 3 rings (SSSR count). The summed E-state index contributed by atoms with van der Waals surface area (Å²) in [7, 11) is 0. The third-order valence-corrected chi connectivity index (χ3v) is 4.20. The molecule has 0 fully saturated rings. The fraction of sp³-hybridized carbons (Fsp3) is 0.333. The standard InChI is InChI=1S/C15H18N2OS/c16-10-14(12-6-9-19-11-12)17-7-3-8-18-15-5-2-1-4-13(15)17/h1-2,4-6,9,11,14H,3,7-8,10,16H2. The first-order valence-electron chi connectivity index (χ1n) is 6.61. The first-order valence-corrected chi connectivity index (χ1v) is 7.55. The molecule has 4 heteroatoms. The summed E-state index contributed by atoms with van der Waals surface area (Å²) in [5.41, 5.74) is 8.47. The predicted octanol–water partition coefficient (Wildman–Crippen LogP) is 3.04. The number of hydrogen-bond donors (Lipinski definition) is 1. The smallest absolute Gasteiger partial charge is 0.142 e. The molecule has 2 heterocycles.